The Morgan fingerprint density at radius 3 is 2.80 bits per heavy atom. The number of amides is 1. The van der Waals surface area contributed by atoms with Gasteiger partial charge in [-0.05, 0) is 26.7 Å². The van der Waals surface area contributed by atoms with Crippen LogP contribution >= 0.6 is 11.3 Å². The lowest BCUT2D eigenvalue weighted by Gasteiger charge is -2.01. The molecule has 0 atom stereocenters. The summed E-state index contributed by atoms with van der Waals surface area (Å²) in [7, 11) is 0. The largest absolute Gasteiger partial charge is 0.306 e. The topological polar surface area (TPSA) is 54.0 Å². The summed E-state index contributed by atoms with van der Waals surface area (Å²) in [4.78, 5) is 16.9. The van der Waals surface area contributed by atoms with Crippen LogP contribution in [0.4, 0.5) is 5.13 Å². The van der Waals surface area contributed by atoms with Gasteiger partial charge in [0.15, 0.2) is 5.13 Å². The number of hydrogen-bond donors (Lipinski definition) is 2. The molecule has 0 bridgehead atoms. The van der Waals surface area contributed by atoms with Crippen molar-refractivity contribution in [2.24, 2.45) is 0 Å². The minimum Gasteiger partial charge on any atom is -0.306 e. The number of nitrogens with zero attached hydrogens (tertiary/aromatic N) is 1. The van der Waals surface area contributed by atoms with Crippen LogP contribution < -0.4 is 10.6 Å². The van der Waals surface area contributed by atoms with Crippen LogP contribution in [0, 0.1) is 13.8 Å². The molecule has 1 aliphatic rings. The van der Waals surface area contributed by atoms with E-state index in [1.165, 1.54) is 24.2 Å². The van der Waals surface area contributed by atoms with Gasteiger partial charge in [-0.2, -0.15) is 0 Å². The van der Waals surface area contributed by atoms with Crippen LogP contribution in [0.2, 0.25) is 0 Å². The van der Waals surface area contributed by atoms with E-state index < -0.39 is 0 Å². The standard InChI is InChI=1S/C10H15N3OS/c1-6-7(2)15-10(12-6)13-9(14)5-11-8-3-4-8/h8,11H,3-5H2,1-2H3,(H,12,13,14). The predicted octanol–water partition coefficient (Wildman–Crippen LogP) is 1.45. The molecule has 0 saturated heterocycles. The molecule has 2 rings (SSSR count). The Hall–Kier alpha value is -0.940. The van der Waals surface area contributed by atoms with E-state index in [0.29, 0.717) is 17.7 Å². The second-order valence-electron chi connectivity index (χ2n) is 3.86. The first-order valence-corrected chi connectivity index (χ1v) is 5.94. The lowest BCUT2D eigenvalue weighted by atomic mass is 10.4. The average molecular weight is 225 g/mol. The molecule has 1 aliphatic carbocycles. The molecule has 82 valence electrons. The van der Waals surface area contributed by atoms with Gasteiger partial charge in [0.05, 0.1) is 12.2 Å². The molecular formula is C10H15N3OS. The number of hydrogen-bond acceptors (Lipinski definition) is 4. The highest BCUT2D eigenvalue weighted by molar-refractivity contribution is 7.15. The molecule has 15 heavy (non-hydrogen) atoms. The van der Waals surface area contributed by atoms with Crippen molar-refractivity contribution in [1.82, 2.24) is 10.3 Å². The maximum atomic E-state index is 11.5. The smallest absolute Gasteiger partial charge is 0.240 e. The third-order valence-corrected chi connectivity index (χ3v) is 3.39. The van der Waals surface area contributed by atoms with Crippen molar-refractivity contribution >= 4 is 22.4 Å². The third-order valence-electron chi connectivity index (χ3n) is 2.40. The third kappa shape index (κ3) is 3.00. The molecule has 1 aromatic heterocycles. The monoisotopic (exact) mass is 225 g/mol. The molecule has 0 radical (unpaired) electrons. The fraction of sp³-hybridized carbons (Fsp3) is 0.600. The highest BCUT2D eigenvalue weighted by atomic mass is 32.1. The molecule has 0 aromatic carbocycles. The molecule has 4 nitrogen and oxygen atoms in total. The van der Waals surface area contributed by atoms with Gasteiger partial charge in [0.2, 0.25) is 5.91 Å². The van der Waals surface area contributed by atoms with E-state index in [4.69, 9.17) is 0 Å². The van der Waals surface area contributed by atoms with Gasteiger partial charge in [0.1, 0.15) is 0 Å². The van der Waals surface area contributed by atoms with Gasteiger partial charge >= 0.3 is 0 Å². The van der Waals surface area contributed by atoms with E-state index in [9.17, 15) is 4.79 Å². The molecule has 5 heteroatoms. The van der Waals surface area contributed by atoms with E-state index in [2.05, 4.69) is 15.6 Å². The summed E-state index contributed by atoms with van der Waals surface area (Å²) in [6.45, 7) is 4.34. The summed E-state index contributed by atoms with van der Waals surface area (Å²) in [6, 6.07) is 0.565. The number of nitrogens with one attached hydrogen (secondary N) is 2. The fourth-order valence-electron chi connectivity index (χ4n) is 1.21. The first-order valence-electron chi connectivity index (χ1n) is 5.12. The minimum atomic E-state index is -0.00403. The van der Waals surface area contributed by atoms with Crippen molar-refractivity contribution in [3.05, 3.63) is 10.6 Å². The number of thiazole rings is 1. The highest BCUT2D eigenvalue weighted by Crippen LogP contribution is 2.21. The summed E-state index contributed by atoms with van der Waals surface area (Å²) < 4.78 is 0. The van der Waals surface area contributed by atoms with E-state index >= 15 is 0 Å². The molecule has 1 fully saturated rings. The van der Waals surface area contributed by atoms with Gasteiger partial charge in [0, 0.05) is 10.9 Å². The van der Waals surface area contributed by atoms with E-state index in [0.717, 1.165) is 10.6 Å². The number of aromatic nitrogens is 1. The molecule has 2 N–H and O–H groups in total. The molecule has 1 saturated carbocycles. The van der Waals surface area contributed by atoms with Crippen molar-refractivity contribution in [3.63, 3.8) is 0 Å². The quantitative estimate of drug-likeness (QED) is 0.815. The molecule has 0 aliphatic heterocycles. The minimum absolute atomic E-state index is 0.00403. The number of anilines is 1. The van der Waals surface area contributed by atoms with E-state index in [1.807, 2.05) is 13.8 Å². The first kappa shape index (κ1) is 10.6. The zero-order chi connectivity index (χ0) is 10.8. The summed E-state index contributed by atoms with van der Waals surface area (Å²) in [5.74, 6) is -0.00403. The van der Waals surface area contributed by atoms with Gasteiger partial charge in [0.25, 0.3) is 0 Å². The zero-order valence-corrected chi connectivity index (χ0v) is 9.78. The Morgan fingerprint density at radius 2 is 2.27 bits per heavy atom. The highest BCUT2D eigenvalue weighted by Gasteiger charge is 2.21. The van der Waals surface area contributed by atoms with Crippen molar-refractivity contribution in [3.8, 4) is 0 Å². The Kier molecular flexibility index (Phi) is 3.02. The Bertz CT molecular complexity index is 351. The Morgan fingerprint density at radius 1 is 1.53 bits per heavy atom. The molecule has 0 unspecified atom stereocenters. The van der Waals surface area contributed by atoms with Crippen LogP contribution in [0.1, 0.15) is 23.4 Å². The lowest BCUT2D eigenvalue weighted by molar-refractivity contribution is -0.115. The SMILES string of the molecule is Cc1nc(NC(=O)CNC2CC2)sc1C. The van der Waals surface area contributed by atoms with Gasteiger partial charge in [-0.1, -0.05) is 0 Å². The maximum absolute atomic E-state index is 11.5. The summed E-state index contributed by atoms with van der Waals surface area (Å²) in [5, 5.41) is 6.66. The van der Waals surface area contributed by atoms with Gasteiger partial charge < -0.3 is 10.6 Å². The van der Waals surface area contributed by atoms with Gasteiger partial charge in [-0.3, -0.25) is 4.79 Å². The number of carbonyl (C=O) groups is 1. The van der Waals surface area contributed by atoms with E-state index in [1.54, 1.807) is 0 Å². The maximum Gasteiger partial charge on any atom is 0.240 e. The molecule has 1 aromatic rings. The summed E-state index contributed by atoms with van der Waals surface area (Å²) >= 11 is 1.52. The van der Waals surface area contributed by atoms with Crippen LogP contribution in [0.3, 0.4) is 0 Å². The lowest BCUT2D eigenvalue weighted by Crippen LogP contribution is -2.29. The molecular weight excluding hydrogens is 210 g/mol. The Balaban J connectivity index is 1.81. The molecule has 1 heterocycles. The number of rotatable bonds is 4. The van der Waals surface area contributed by atoms with Crippen molar-refractivity contribution < 1.29 is 4.79 Å². The van der Waals surface area contributed by atoms with Gasteiger partial charge in [-0.25, -0.2) is 4.98 Å². The fourth-order valence-corrected chi connectivity index (χ4v) is 2.04. The van der Waals surface area contributed by atoms with Crippen LogP contribution in [0.15, 0.2) is 0 Å². The van der Waals surface area contributed by atoms with Gasteiger partial charge in [-0.15, -0.1) is 11.3 Å². The zero-order valence-electron chi connectivity index (χ0n) is 8.96. The second-order valence-corrected chi connectivity index (χ2v) is 5.07. The van der Waals surface area contributed by atoms with Crippen molar-refractivity contribution in [2.45, 2.75) is 32.7 Å². The Labute approximate surface area is 93.1 Å². The average Bonchev–Trinajstić information content (AvgIpc) is 2.93. The molecule has 1 amide bonds. The summed E-state index contributed by atoms with van der Waals surface area (Å²) in [6.07, 6.45) is 2.39. The number of carbonyl (C=O) groups excluding carboxylic acids is 1. The van der Waals surface area contributed by atoms with Crippen LogP contribution in [-0.4, -0.2) is 23.5 Å². The van der Waals surface area contributed by atoms with E-state index in [-0.39, 0.29) is 5.91 Å². The second kappa shape index (κ2) is 4.28. The number of aryl methyl sites for hydroxylation is 2. The van der Waals surface area contributed by atoms with Crippen LogP contribution in [0.5, 0.6) is 0 Å². The van der Waals surface area contributed by atoms with Crippen LogP contribution in [-0.2, 0) is 4.79 Å². The normalized spacial score (nSPS) is 15.3. The van der Waals surface area contributed by atoms with Crippen LogP contribution in [0.25, 0.3) is 0 Å². The van der Waals surface area contributed by atoms with Crippen molar-refractivity contribution in [2.75, 3.05) is 11.9 Å². The summed E-state index contributed by atoms with van der Waals surface area (Å²) in [5.41, 5.74) is 0.991. The molecule has 0 spiro atoms. The van der Waals surface area contributed by atoms with Crippen molar-refractivity contribution in [1.29, 1.82) is 0 Å². The first-order chi connectivity index (χ1) is 7.15. The predicted molar refractivity (Wildman–Crippen MR) is 61.2 cm³/mol.